The Kier molecular flexibility index (Phi) is 6.53. The fourth-order valence-corrected chi connectivity index (χ4v) is 2.80. The monoisotopic (exact) mass is 411 g/mol. The number of nitro benzene ring substituents is 1. The van der Waals surface area contributed by atoms with E-state index >= 15 is 0 Å². The van der Waals surface area contributed by atoms with Gasteiger partial charge in [-0.15, -0.1) is 0 Å². The number of benzene rings is 2. The summed E-state index contributed by atoms with van der Waals surface area (Å²) in [7, 11) is 4.61. The summed E-state index contributed by atoms with van der Waals surface area (Å²) in [6, 6.07) is 13.5. The van der Waals surface area contributed by atoms with Crippen molar-refractivity contribution in [3.05, 3.63) is 70.0 Å². The highest BCUT2D eigenvalue weighted by molar-refractivity contribution is 5.78. The van der Waals surface area contributed by atoms with Gasteiger partial charge in [-0.2, -0.15) is 5.10 Å². The summed E-state index contributed by atoms with van der Waals surface area (Å²) in [5.41, 5.74) is 4.14. The molecule has 1 N–H and O–H groups in total. The predicted octanol–water partition coefficient (Wildman–Crippen LogP) is 4.00. The summed E-state index contributed by atoms with van der Waals surface area (Å²) in [6.07, 6.45) is 1.50. The van der Waals surface area contributed by atoms with Crippen LogP contribution in [0.2, 0.25) is 0 Å². The summed E-state index contributed by atoms with van der Waals surface area (Å²) in [5.74, 6) is 2.51. The third kappa shape index (κ3) is 4.69. The van der Waals surface area contributed by atoms with Gasteiger partial charge in [0, 0.05) is 0 Å². The van der Waals surface area contributed by atoms with Gasteiger partial charge in [-0.05, 0) is 42.0 Å². The Bertz CT molecular complexity index is 1060. The lowest BCUT2D eigenvalue weighted by molar-refractivity contribution is -0.384. The summed E-state index contributed by atoms with van der Waals surface area (Å²) >= 11 is 0. The SMILES string of the molecule is COc1ccc(-c2ccc(/C=N/NCc3ccc(OC)c(OC)c3)o2)c([N+](=O)[O-])c1. The van der Waals surface area contributed by atoms with E-state index in [4.69, 9.17) is 18.6 Å². The van der Waals surface area contributed by atoms with Crippen LogP contribution in [0.4, 0.5) is 5.69 Å². The van der Waals surface area contributed by atoms with E-state index in [0.29, 0.717) is 40.9 Å². The zero-order chi connectivity index (χ0) is 21.5. The molecular formula is C21H21N3O6. The normalized spacial score (nSPS) is 10.8. The van der Waals surface area contributed by atoms with Gasteiger partial charge in [0.05, 0.1) is 50.6 Å². The average molecular weight is 411 g/mol. The van der Waals surface area contributed by atoms with Crippen LogP contribution in [-0.4, -0.2) is 32.5 Å². The third-order valence-electron chi connectivity index (χ3n) is 4.31. The minimum Gasteiger partial charge on any atom is -0.497 e. The van der Waals surface area contributed by atoms with Gasteiger partial charge in [0.1, 0.15) is 17.3 Å². The molecule has 3 aromatic rings. The Morgan fingerprint density at radius 1 is 1.03 bits per heavy atom. The second kappa shape index (κ2) is 9.46. The summed E-state index contributed by atoms with van der Waals surface area (Å²) < 4.78 is 21.2. The van der Waals surface area contributed by atoms with Crippen molar-refractivity contribution in [3.8, 4) is 28.6 Å². The van der Waals surface area contributed by atoms with E-state index in [9.17, 15) is 10.1 Å². The second-order valence-corrected chi connectivity index (χ2v) is 6.12. The molecule has 0 bridgehead atoms. The van der Waals surface area contributed by atoms with Gasteiger partial charge in [0.25, 0.3) is 5.69 Å². The molecule has 0 aliphatic heterocycles. The smallest absolute Gasteiger partial charge is 0.284 e. The maximum Gasteiger partial charge on any atom is 0.284 e. The van der Waals surface area contributed by atoms with Gasteiger partial charge in [0.2, 0.25) is 0 Å². The van der Waals surface area contributed by atoms with Crippen LogP contribution in [-0.2, 0) is 6.54 Å². The van der Waals surface area contributed by atoms with E-state index in [1.807, 2.05) is 18.2 Å². The molecule has 2 aromatic carbocycles. The van der Waals surface area contributed by atoms with E-state index in [1.165, 1.54) is 19.4 Å². The number of hydrazone groups is 1. The highest BCUT2D eigenvalue weighted by Crippen LogP contribution is 2.34. The van der Waals surface area contributed by atoms with Crippen molar-refractivity contribution in [2.24, 2.45) is 5.10 Å². The van der Waals surface area contributed by atoms with Crippen LogP contribution in [0.25, 0.3) is 11.3 Å². The first-order chi connectivity index (χ1) is 14.5. The maximum atomic E-state index is 11.4. The Morgan fingerprint density at radius 3 is 2.53 bits per heavy atom. The first-order valence-electron chi connectivity index (χ1n) is 8.95. The topological polar surface area (TPSA) is 108 Å². The molecular weight excluding hydrogens is 390 g/mol. The molecule has 0 aliphatic rings. The van der Waals surface area contributed by atoms with Crippen molar-refractivity contribution in [3.63, 3.8) is 0 Å². The van der Waals surface area contributed by atoms with E-state index in [-0.39, 0.29) is 5.69 Å². The van der Waals surface area contributed by atoms with Crippen LogP contribution in [0.3, 0.4) is 0 Å². The Labute approximate surface area is 173 Å². The molecule has 0 unspecified atom stereocenters. The van der Waals surface area contributed by atoms with E-state index in [1.54, 1.807) is 38.5 Å². The minimum absolute atomic E-state index is 0.0984. The lowest BCUT2D eigenvalue weighted by Gasteiger charge is -2.09. The molecule has 0 radical (unpaired) electrons. The van der Waals surface area contributed by atoms with Crippen LogP contribution in [0.15, 0.2) is 58.0 Å². The van der Waals surface area contributed by atoms with Crippen LogP contribution < -0.4 is 19.6 Å². The molecule has 30 heavy (non-hydrogen) atoms. The molecule has 156 valence electrons. The van der Waals surface area contributed by atoms with Crippen molar-refractivity contribution in [1.29, 1.82) is 0 Å². The third-order valence-corrected chi connectivity index (χ3v) is 4.31. The van der Waals surface area contributed by atoms with Crippen molar-refractivity contribution in [2.45, 2.75) is 6.54 Å². The number of hydrogen-bond donors (Lipinski definition) is 1. The summed E-state index contributed by atoms with van der Waals surface area (Å²) in [4.78, 5) is 10.9. The molecule has 0 saturated carbocycles. The molecule has 0 spiro atoms. The first kappa shape index (κ1) is 20.7. The molecule has 9 nitrogen and oxygen atoms in total. The zero-order valence-corrected chi connectivity index (χ0v) is 16.7. The molecule has 1 heterocycles. The Morgan fingerprint density at radius 2 is 1.83 bits per heavy atom. The highest BCUT2D eigenvalue weighted by Gasteiger charge is 2.19. The fraction of sp³-hybridized carbons (Fsp3) is 0.190. The van der Waals surface area contributed by atoms with Crippen molar-refractivity contribution in [2.75, 3.05) is 21.3 Å². The van der Waals surface area contributed by atoms with Gasteiger partial charge in [-0.1, -0.05) is 6.07 Å². The van der Waals surface area contributed by atoms with E-state index < -0.39 is 4.92 Å². The number of furan rings is 1. The highest BCUT2D eigenvalue weighted by atomic mass is 16.6. The zero-order valence-electron chi connectivity index (χ0n) is 16.7. The van der Waals surface area contributed by atoms with Crippen molar-refractivity contribution >= 4 is 11.9 Å². The van der Waals surface area contributed by atoms with Crippen LogP contribution >= 0.6 is 0 Å². The molecule has 0 atom stereocenters. The average Bonchev–Trinajstić information content (AvgIpc) is 3.24. The van der Waals surface area contributed by atoms with Crippen LogP contribution in [0, 0.1) is 10.1 Å². The molecule has 9 heteroatoms. The summed E-state index contributed by atoms with van der Waals surface area (Å²) in [5, 5.41) is 15.5. The number of nitro groups is 1. The van der Waals surface area contributed by atoms with Gasteiger partial charge < -0.3 is 24.1 Å². The van der Waals surface area contributed by atoms with E-state index in [0.717, 1.165) is 5.56 Å². The lowest BCUT2D eigenvalue weighted by atomic mass is 10.1. The van der Waals surface area contributed by atoms with E-state index in [2.05, 4.69) is 10.5 Å². The number of nitrogens with one attached hydrogen (secondary N) is 1. The quantitative estimate of drug-likeness (QED) is 0.322. The van der Waals surface area contributed by atoms with Gasteiger partial charge in [0.15, 0.2) is 11.5 Å². The van der Waals surface area contributed by atoms with Gasteiger partial charge in [-0.3, -0.25) is 10.1 Å². The second-order valence-electron chi connectivity index (χ2n) is 6.12. The van der Waals surface area contributed by atoms with Gasteiger partial charge in [-0.25, -0.2) is 0 Å². The maximum absolute atomic E-state index is 11.4. The van der Waals surface area contributed by atoms with Gasteiger partial charge >= 0.3 is 0 Å². The molecule has 1 aromatic heterocycles. The fourth-order valence-electron chi connectivity index (χ4n) is 2.80. The predicted molar refractivity (Wildman–Crippen MR) is 111 cm³/mol. The number of methoxy groups -OCH3 is 3. The number of ether oxygens (including phenoxy) is 3. The molecule has 3 rings (SSSR count). The van der Waals surface area contributed by atoms with Crippen molar-refractivity contribution in [1.82, 2.24) is 5.43 Å². The molecule has 0 aliphatic carbocycles. The minimum atomic E-state index is -0.473. The Hall–Kier alpha value is -4.01. The molecule has 0 fully saturated rings. The first-order valence-corrected chi connectivity index (χ1v) is 8.95. The number of rotatable bonds is 9. The lowest BCUT2D eigenvalue weighted by Crippen LogP contribution is -2.05. The van der Waals surface area contributed by atoms with Crippen LogP contribution in [0.1, 0.15) is 11.3 Å². The molecule has 0 saturated heterocycles. The number of hydrogen-bond acceptors (Lipinski definition) is 8. The number of nitrogens with zero attached hydrogens (tertiary/aromatic N) is 2. The van der Waals surface area contributed by atoms with Crippen molar-refractivity contribution < 1.29 is 23.6 Å². The van der Waals surface area contributed by atoms with Crippen LogP contribution in [0.5, 0.6) is 17.2 Å². The largest absolute Gasteiger partial charge is 0.497 e. The Balaban J connectivity index is 1.68. The summed E-state index contributed by atoms with van der Waals surface area (Å²) in [6.45, 7) is 0.467. The standard InChI is InChI=1S/C21H21N3O6/c1-27-15-5-7-17(18(11-15)24(25)26)19-9-6-16(30-19)13-23-22-12-14-4-8-20(28-2)21(10-14)29-3/h4-11,13,22H,12H2,1-3H3/b23-13+. The molecule has 0 amide bonds.